The molecule has 0 aromatic heterocycles. The number of hydrogen-bond acceptors (Lipinski definition) is 13. The highest BCUT2D eigenvalue weighted by Crippen LogP contribution is 2.32. The highest BCUT2D eigenvalue weighted by molar-refractivity contribution is 4.94. The zero-order valence-corrected chi connectivity index (χ0v) is 17.3. The smallest absolute Gasteiger partial charge is 0.187 e. The van der Waals surface area contributed by atoms with E-state index in [2.05, 4.69) is 0 Å². The van der Waals surface area contributed by atoms with Gasteiger partial charge in [0.15, 0.2) is 18.9 Å². The van der Waals surface area contributed by atoms with Crippen molar-refractivity contribution < 1.29 is 64.5 Å². The minimum Gasteiger partial charge on any atom is -0.388 e. The molecule has 0 aromatic carbocycles. The quantitative estimate of drug-likeness (QED) is 0.201. The largest absolute Gasteiger partial charge is 0.388 e. The van der Waals surface area contributed by atoms with Gasteiger partial charge in [-0.25, -0.2) is 0 Å². The van der Waals surface area contributed by atoms with Crippen LogP contribution in [0, 0.1) is 0 Å². The van der Waals surface area contributed by atoms with E-state index in [9.17, 15) is 40.9 Å². The first-order chi connectivity index (χ1) is 14.4. The summed E-state index contributed by atoms with van der Waals surface area (Å²) in [5.74, 6) is 0. The maximum absolute atomic E-state index is 10.7. The van der Waals surface area contributed by atoms with Gasteiger partial charge in [0.2, 0.25) is 0 Å². The molecule has 13 heteroatoms. The summed E-state index contributed by atoms with van der Waals surface area (Å²) in [6, 6.07) is 0. The van der Waals surface area contributed by atoms with Crippen molar-refractivity contribution in [3.8, 4) is 0 Å². The summed E-state index contributed by atoms with van der Waals surface area (Å²) in [5, 5.41) is 81.2. The summed E-state index contributed by atoms with van der Waals surface area (Å²) in [7, 11) is 0. The Morgan fingerprint density at radius 3 is 1.42 bits per heavy atom. The van der Waals surface area contributed by atoms with E-state index >= 15 is 0 Å². The third kappa shape index (κ3) is 4.89. The molecule has 8 N–H and O–H groups in total. The molecule has 0 spiro atoms. The van der Waals surface area contributed by atoms with Crippen LogP contribution in [-0.4, -0.2) is 133 Å². The molecule has 13 nitrogen and oxygen atoms in total. The SMILES string of the molecule is C[C@H]1O[C@H](O[C@@H]2[C@H](O)[C@@H](O[C@H]3[C@H](O)[C@@H](C)OC(O)[C@H]3O)O[C@H](C)[C@H]2O)[C@@H](O)[C@@H](O)[C@@H]1O. The van der Waals surface area contributed by atoms with Gasteiger partial charge in [0, 0.05) is 0 Å². The monoisotopic (exact) mass is 456 g/mol. The topological polar surface area (TPSA) is 208 Å². The average Bonchev–Trinajstić information content (AvgIpc) is 2.72. The Morgan fingerprint density at radius 1 is 0.452 bits per heavy atom. The maximum Gasteiger partial charge on any atom is 0.187 e. The van der Waals surface area contributed by atoms with Crippen LogP contribution in [-0.2, 0) is 23.7 Å². The summed E-state index contributed by atoms with van der Waals surface area (Å²) in [6.07, 6.45) is -20.9. The van der Waals surface area contributed by atoms with Crippen LogP contribution >= 0.6 is 0 Å². The van der Waals surface area contributed by atoms with Crippen molar-refractivity contribution in [1.29, 1.82) is 0 Å². The lowest BCUT2D eigenvalue weighted by Gasteiger charge is -2.47. The van der Waals surface area contributed by atoms with Gasteiger partial charge in [-0.2, -0.15) is 0 Å². The second kappa shape index (κ2) is 9.77. The van der Waals surface area contributed by atoms with Crippen molar-refractivity contribution >= 4 is 0 Å². The number of ether oxygens (including phenoxy) is 5. The molecule has 0 aliphatic carbocycles. The van der Waals surface area contributed by atoms with Gasteiger partial charge in [-0.05, 0) is 20.8 Å². The molecule has 3 aliphatic rings. The van der Waals surface area contributed by atoms with Crippen LogP contribution in [0.25, 0.3) is 0 Å². The molecule has 15 atom stereocenters. The molecule has 1 unspecified atom stereocenters. The van der Waals surface area contributed by atoms with Gasteiger partial charge in [-0.1, -0.05) is 0 Å². The van der Waals surface area contributed by atoms with E-state index in [0.29, 0.717) is 0 Å². The lowest BCUT2D eigenvalue weighted by atomic mass is 9.96. The molecule has 3 aliphatic heterocycles. The Balaban J connectivity index is 1.73. The number of aliphatic hydroxyl groups excluding tert-OH is 8. The van der Waals surface area contributed by atoms with Gasteiger partial charge in [0.05, 0.1) is 18.3 Å². The Hall–Kier alpha value is -0.520. The van der Waals surface area contributed by atoms with E-state index in [4.69, 9.17) is 23.7 Å². The molecular formula is C18H32O13. The van der Waals surface area contributed by atoms with Gasteiger partial charge in [0.1, 0.15) is 54.9 Å². The van der Waals surface area contributed by atoms with Crippen LogP contribution in [0.15, 0.2) is 0 Å². The highest BCUT2D eigenvalue weighted by atomic mass is 16.7. The standard InChI is InChI=1S/C18H32O13/c1-4-7(19)10(22)11(23)17(28-4)31-15-9(21)6(3)29-18(13(15)25)30-14-8(20)5(2)27-16(26)12(14)24/h4-26H,1-3H3/t4-,5-,6-,7-,8-,9-,10+,11+,12+,13+,14+,15+,16?,17-,18-/m1/s1. The minimum absolute atomic E-state index is 0.889. The van der Waals surface area contributed by atoms with E-state index in [0.717, 1.165) is 0 Å². The van der Waals surface area contributed by atoms with Crippen molar-refractivity contribution in [2.45, 2.75) is 113 Å². The Kier molecular flexibility index (Phi) is 7.91. The van der Waals surface area contributed by atoms with Crippen molar-refractivity contribution in [3.05, 3.63) is 0 Å². The van der Waals surface area contributed by atoms with Crippen LogP contribution in [0.3, 0.4) is 0 Å². The molecule has 182 valence electrons. The van der Waals surface area contributed by atoms with Crippen molar-refractivity contribution in [1.82, 2.24) is 0 Å². The lowest BCUT2D eigenvalue weighted by molar-refractivity contribution is -0.373. The van der Waals surface area contributed by atoms with E-state index in [1.165, 1.54) is 20.8 Å². The molecular weight excluding hydrogens is 424 g/mol. The fraction of sp³-hybridized carbons (Fsp3) is 1.00. The van der Waals surface area contributed by atoms with E-state index < -0.39 is 92.1 Å². The van der Waals surface area contributed by atoms with Gasteiger partial charge < -0.3 is 64.5 Å². The molecule has 3 heterocycles. The van der Waals surface area contributed by atoms with E-state index in [1.54, 1.807) is 0 Å². The van der Waals surface area contributed by atoms with Gasteiger partial charge in [0.25, 0.3) is 0 Å². The second-order valence-corrected chi connectivity index (χ2v) is 8.29. The predicted molar refractivity (Wildman–Crippen MR) is 97.0 cm³/mol. The first kappa shape index (κ1) is 25.1. The Labute approximate surface area is 178 Å². The van der Waals surface area contributed by atoms with Gasteiger partial charge >= 0.3 is 0 Å². The molecule has 3 fully saturated rings. The predicted octanol–water partition coefficient (Wildman–Crippen LogP) is -4.49. The summed E-state index contributed by atoms with van der Waals surface area (Å²) in [5.41, 5.74) is 0. The fourth-order valence-corrected chi connectivity index (χ4v) is 3.88. The minimum atomic E-state index is -1.68. The van der Waals surface area contributed by atoms with Gasteiger partial charge in [-0.3, -0.25) is 0 Å². The van der Waals surface area contributed by atoms with E-state index in [-0.39, 0.29) is 0 Å². The first-order valence-electron chi connectivity index (χ1n) is 10.2. The third-order valence-corrected chi connectivity index (χ3v) is 5.97. The van der Waals surface area contributed by atoms with Crippen LogP contribution in [0.5, 0.6) is 0 Å². The van der Waals surface area contributed by atoms with Crippen LogP contribution in [0.4, 0.5) is 0 Å². The molecule has 3 rings (SSSR count). The zero-order chi connectivity index (χ0) is 23.2. The Morgan fingerprint density at radius 2 is 0.871 bits per heavy atom. The number of hydrogen-bond donors (Lipinski definition) is 8. The highest BCUT2D eigenvalue weighted by Gasteiger charge is 2.52. The fourth-order valence-electron chi connectivity index (χ4n) is 3.88. The van der Waals surface area contributed by atoms with E-state index in [1.807, 2.05) is 0 Å². The van der Waals surface area contributed by atoms with Crippen LogP contribution < -0.4 is 0 Å². The average molecular weight is 456 g/mol. The van der Waals surface area contributed by atoms with Crippen molar-refractivity contribution in [2.24, 2.45) is 0 Å². The molecule has 0 saturated carbocycles. The molecule has 31 heavy (non-hydrogen) atoms. The molecule has 0 radical (unpaired) electrons. The zero-order valence-electron chi connectivity index (χ0n) is 17.3. The molecule has 0 amide bonds. The maximum atomic E-state index is 10.7. The summed E-state index contributed by atoms with van der Waals surface area (Å²) in [6.45, 7) is 4.36. The van der Waals surface area contributed by atoms with Gasteiger partial charge in [-0.15, -0.1) is 0 Å². The summed E-state index contributed by atoms with van der Waals surface area (Å²) >= 11 is 0. The molecule has 0 bridgehead atoms. The number of aliphatic hydroxyl groups is 8. The lowest BCUT2D eigenvalue weighted by Crippen LogP contribution is -2.65. The van der Waals surface area contributed by atoms with Crippen LogP contribution in [0.1, 0.15) is 20.8 Å². The second-order valence-electron chi connectivity index (χ2n) is 8.29. The summed E-state index contributed by atoms with van der Waals surface area (Å²) in [4.78, 5) is 0. The van der Waals surface area contributed by atoms with Crippen molar-refractivity contribution in [2.75, 3.05) is 0 Å². The third-order valence-electron chi connectivity index (χ3n) is 5.97. The summed E-state index contributed by atoms with van der Waals surface area (Å²) < 4.78 is 26.9. The Bertz CT molecular complexity index is 581. The number of rotatable bonds is 4. The van der Waals surface area contributed by atoms with Crippen LogP contribution in [0.2, 0.25) is 0 Å². The normalized spacial score (nSPS) is 56.4. The molecule has 0 aromatic rings. The van der Waals surface area contributed by atoms with Crippen molar-refractivity contribution in [3.63, 3.8) is 0 Å². The molecule has 3 saturated heterocycles. The first-order valence-corrected chi connectivity index (χ1v) is 10.2.